The number of amides is 1. The lowest BCUT2D eigenvalue weighted by molar-refractivity contribution is 0.102. The highest BCUT2D eigenvalue weighted by Gasteiger charge is 2.22. The second kappa shape index (κ2) is 11.0. The van der Waals surface area contributed by atoms with Crippen LogP contribution in [-0.2, 0) is 16.5 Å². The van der Waals surface area contributed by atoms with Crippen molar-refractivity contribution in [2.45, 2.75) is 18.2 Å². The molecule has 0 spiro atoms. The maximum Gasteiger partial charge on any atom is 0.296 e. The smallest absolute Gasteiger partial charge is 0.296 e. The molecule has 0 fully saturated rings. The van der Waals surface area contributed by atoms with E-state index in [2.05, 4.69) is 15.5 Å². The van der Waals surface area contributed by atoms with Crippen molar-refractivity contribution >= 4 is 67.1 Å². The van der Waals surface area contributed by atoms with Gasteiger partial charge in [0, 0.05) is 5.39 Å². The van der Waals surface area contributed by atoms with E-state index in [1.807, 2.05) is 0 Å². The van der Waals surface area contributed by atoms with E-state index >= 15 is 0 Å². The van der Waals surface area contributed by atoms with Gasteiger partial charge < -0.3 is 15.2 Å². The molecule has 0 unspecified atom stereocenters. The summed E-state index contributed by atoms with van der Waals surface area (Å²) < 4.78 is 38.3. The molecule has 0 atom stereocenters. The molecule has 9 nitrogen and oxygen atoms in total. The zero-order valence-electron chi connectivity index (χ0n) is 20.1. The van der Waals surface area contributed by atoms with Gasteiger partial charge in [0.15, 0.2) is 11.5 Å². The van der Waals surface area contributed by atoms with Crippen molar-refractivity contribution < 1.29 is 27.6 Å². The normalized spacial score (nSPS) is 11.7. The van der Waals surface area contributed by atoms with Crippen LogP contribution in [0.3, 0.4) is 0 Å². The van der Waals surface area contributed by atoms with Crippen LogP contribution in [0.4, 0.5) is 17.1 Å². The number of aromatic hydroxyl groups is 1. The van der Waals surface area contributed by atoms with Crippen molar-refractivity contribution in [2.24, 2.45) is 10.2 Å². The number of ether oxygens (including phenoxy) is 1. The Bertz CT molecular complexity index is 1710. The molecule has 0 saturated heterocycles. The number of halogens is 2. The second-order valence-corrected chi connectivity index (χ2v) is 10.2. The predicted molar refractivity (Wildman–Crippen MR) is 146 cm³/mol. The Morgan fingerprint density at radius 3 is 2.45 bits per heavy atom. The Hall–Kier alpha value is -3.70. The first-order chi connectivity index (χ1) is 18.0. The number of carbonyl (C=O) groups excluding carboxylic acids is 1. The fraction of sp³-hybridized carbons (Fsp3) is 0.115. The Kier molecular flexibility index (Phi) is 7.89. The Labute approximate surface area is 228 Å². The third kappa shape index (κ3) is 5.44. The molecular formula is C26H21Cl2N3O6S. The average molecular weight is 574 g/mol. The van der Waals surface area contributed by atoms with Crippen LogP contribution in [0.15, 0.2) is 75.8 Å². The van der Waals surface area contributed by atoms with Gasteiger partial charge in [0.25, 0.3) is 16.0 Å². The third-order valence-electron chi connectivity index (χ3n) is 5.67. The van der Waals surface area contributed by atoms with Gasteiger partial charge in [-0.25, -0.2) is 0 Å². The predicted octanol–water partition coefficient (Wildman–Crippen LogP) is 7.34. The monoisotopic (exact) mass is 573 g/mol. The minimum Gasteiger partial charge on any atom is -0.505 e. The number of phenols is 1. The number of hydrogen-bond acceptors (Lipinski definition) is 7. The molecule has 0 aliphatic carbocycles. The van der Waals surface area contributed by atoms with Gasteiger partial charge in [-0.2, -0.15) is 13.5 Å². The number of hydrogen-bond donors (Lipinski definition) is 3. The van der Waals surface area contributed by atoms with Crippen molar-refractivity contribution in [1.82, 2.24) is 0 Å². The van der Waals surface area contributed by atoms with Crippen LogP contribution in [0.25, 0.3) is 10.8 Å². The highest BCUT2D eigenvalue weighted by molar-refractivity contribution is 7.86. The van der Waals surface area contributed by atoms with E-state index in [0.29, 0.717) is 21.5 Å². The zero-order chi connectivity index (χ0) is 27.6. The van der Waals surface area contributed by atoms with Crippen molar-refractivity contribution in [3.8, 4) is 11.5 Å². The van der Waals surface area contributed by atoms with Crippen LogP contribution in [0.1, 0.15) is 22.8 Å². The fourth-order valence-electron chi connectivity index (χ4n) is 3.95. The third-order valence-corrected chi connectivity index (χ3v) is 7.37. The van der Waals surface area contributed by atoms with Gasteiger partial charge in [-0.05, 0) is 47.7 Å². The molecule has 0 bridgehead atoms. The molecule has 4 rings (SSSR count). The van der Waals surface area contributed by atoms with Gasteiger partial charge in [0.2, 0.25) is 0 Å². The Balaban J connectivity index is 1.80. The Morgan fingerprint density at radius 2 is 1.76 bits per heavy atom. The van der Waals surface area contributed by atoms with Crippen LogP contribution in [-0.4, -0.2) is 31.1 Å². The summed E-state index contributed by atoms with van der Waals surface area (Å²) in [7, 11) is -3.13. The number of anilines is 1. The number of methoxy groups -OCH3 is 1. The topological polar surface area (TPSA) is 138 Å². The van der Waals surface area contributed by atoms with Crippen molar-refractivity contribution in [3.05, 3.63) is 81.8 Å². The largest absolute Gasteiger partial charge is 0.505 e. The van der Waals surface area contributed by atoms with Crippen LogP contribution in [0.5, 0.6) is 11.5 Å². The second-order valence-electron chi connectivity index (χ2n) is 8.06. The van der Waals surface area contributed by atoms with E-state index in [4.69, 9.17) is 27.9 Å². The number of rotatable bonds is 7. The van der Waals surface area contributed by atoms with E-state index in [1.165, 1.54) is 25.3 Å². The molecule has 0 aliphatic heterocycles. The number of nitrogens with one attached hydrogen (secondary N) is 1. The summed E-state index contributed by atoms with van der Waals surface area (Å²) in [6.45, 7) is 1.69. The summed E-state index contributed by atoms with van der Waals surface area (Å²) >= 11 is 12.3. The quantitative estimate of drug-likeness (QED) is 0.156. The summed E-state index contributed by atoms with van der Waals surface area (Å²) in [6.07, 6.45) is 0.245. The van der Waals surface area contributed by atoms with Gasteiger partial charge in [-0.15, -0.1) is 5.11 Å². The van der Waals surface area contributed by atoms with E-state index < -0.39 is 26.7 Å². The molecule has 0 heterocycles. The minimum absolute atomic E-state index is 0.0133. The molecule has 0 radical (unpaired) electrons. The van der Waals surface area contributed by atoms with Crippen molar-refractivity contribution in [1.29, 1.82) is 0 Å². The highest BCUT2D eigenvalue weighted by atomic mass is 35.5. The van der Waals surface area contributed by atoms with E-state index in [1.54, 1.807) is 49.4 Å². The number of aryl methyl sites for hydroxylation is 1. The first kappa shape index (κ1) is 27.3. The number of azo groups is 1. The first-order valence-electron chi connectivity index (χ1n) is 11.1. The lowest BCUT2D eigenvalue weighted by Crippen LogP contribution is -2.13. The number of para-hydroxylation sites is 1. The number of fused-ring (bicyclic) bond motifs is 1. The maximum atomic E-state index is 13.2. The SMILES string of the molecule is CCc1cc(N=Nc2c(O)c(C(=O)Nc3cccc(Cl)c3OC)cc3ccccc23)cc(Cl)c1S(=O)(=O)O. The lowest BCUT2D eigenvalue weighted by Gasteiger charge is -2.14. The molecule has 4 aromatic rings. The molecule has 4 aromatic carbocycles. The standard InChI is InChI=1S/C26H21Cl2N3O6S/c1-3-14-11-16(13-20(28)25(14)38(34,35)36)30-31-22-17-8-5-4-7-15(17)12-18(23(22)32)26(33)29-21-10-6-9-19(27)24(21)37-2/h4-13,32H,3H2,1-2H3,(H,29,33)(H,34,35,36). The van der Waals surface area contributed by atoms with Gasteiger partial charge in [-0.1, -0.05) is 60.5 Å². The summed E-state index contributed by atoms with van der Waals surface area (Å²) in [5, 5.41) is 23.3. The molecule has 12 heteroatoms. The fourth-order valence-corrected chi connectivity index (χ4v) is 5.56. The van der Waals surface area contributed by atoms with Gasteiger partial charge in [-0.3, -0.25) is 9.35 Å². The Morgan fingerprint density at radius 1 is 1.03 bits per heavy atom. The molecule has 196 valence electrons. The number of phenolic OH excluding ortho intramolecular Hbond substituents is 1. The van der Waals surface area contributed by atoms with Crippen LogP contribution < -0.4 is 10.1 Å². The van der Waals surface area contributed by atoms with E-state index in [-0.39, 0.29) is 39.7 Å². The summed E-state index contributed by atoms with van der Waals surface area (Å²) in [4.78, 5) is 12.8. The highest BCUT2D eigenvalue weighted by Crippen LogP contribution is 2.41. The minimum atomic E-state index is -4.55. The van der Waals surface area contributed by atoms with Gasteiger partial charge in [0.1, 0.15) is 10.6 Å². The van der Waals surface area contributed by atoms with Crippen LogP contribution in [0, 0.1) is 0 Å². The van der Waals surface area contributed by atoms with E-state index in [0.717, 1.165) is 0 Å². The molecule has 0 saturated carbocycles. The molecule has 38 heavy (non-hydrogen) atoms. The number of benzene rings is 4. The molecule has 1 amide bonds. The molecule has 0 aromatic heterocycles. The summed E-state index contributed by atoms with van der Waals surface area (Å²) in [6, 6.07) is 16.0. The van der Waals surface area contributed by atoms with Crippen LogP contribution >= 0.6 is 23.2 Å². The lowest BCUT2D eigenvalue weighted by atomic mass is 10.0. The zero-order valence-corrected chi connectivity index (χ0v) is 22.4. The summed E-state index contributed by atoms with van der Waals surface area (Å²) in [5.74, 6) is -0.805. The maximum absolute atomic E-state index is 13.2. The van der Waals surface area contributed by atoms with Crippen molar-refractivity contribution in [2.75, 3.05) is 12.4 Å². The average Bonchev–Trinajstić information content (AvgIpc) is 2.86. The molecule has 3 N–H and O–H groups in total. The first-order valence-corrected chi connectivity index (χ1v) is 13.3. The van der Waals surface area contributed by atoms with Gasteiger partial charge >= 0.3 is 0 Å². The molecule has 0 aliphatic rings. The van der Waals surface area contributed by atoms with Gasteiger partial charge in [0.05, 0.1) is 34.1 Å². The van der Waals surface area contributed by atoms with E-state index in [9.17, 15) is 22.9 Å². The number of nitrogens with zero attached hydrogens (tertiary/aromatic N) is 2. The summed E-state index contributed by atoms with van der Waals surface area (Å²) in [5.41, 5.74) is 0.669. The van der Waals surface area contributed by atoms with Crippen molar-refractivity contribution in [3.63, 3.8) is 0 Å². The van der Waals surface area contributed by atoms with Crippen LogP contribution in [0.2, 0.25) is 10.0 Å². The number of carbonyl (C=O) groups is 1. The molecular weight excluding hydrogens is 553 g/mol.